The first-order chi connectivity index (χ1) is 16.3. The fourth-order valence-electron chi connectivity index (χ4n) is 4.39. The average molecular weight is 472 g/mol. The summed E-state index contributed by atoms with van der Waals surface area (Å²) >= 11 is 0. The number of likely N-dealkylation sites (tertiary alicyclic amines) is 1. The second-order valence-corrected chi connectivity index (χ2v) is 8.78. The summed E-state index contributed by atoms with van der Waals surface area (Å²) in [5.74, 6) is -2.71. The van der Waals surface area contributed by atoms with Gasteiger partial charge in [-0.2, -0.15) is 0 Å². The number of aromatic amines is 1. The molecule has 1 saturated heterocycles. The highest BCUT2D eigenvalue weighted by atomic mass is 16.4. The fraction of sp³-hybridized carbons (Fsp3) is 0.500. The molecule has 2 aromatic rings. The van der Waals surface area contributed by atoms with Gasteiger partial charge in [-0.1, -0.05) is 38.5 Å². The number of fused-ring (bicyclic) bond motifs is 1. The smallest absolute Gasteiger partial charge is 0.326 e. The normalized spacial score (nSPS) is 18.3. The zero-order valence-corrected chi connectivity index (χ0v) is 19.5. The van der Waals surface area contributed by atoms with Gasteiger partial charge in [-0.3, -0.25) is 14.4 Å². The molecule has 0 aliphatic carbocycles. The number of hydrogen-bond donors (Lipinski definition) is 5. The van der Waals surface area contributed by atoms with Crippen molar-refractivity contribution in [2.75, 3.05) is 13.1 Å². The molecule has 10 nitrogen and oxygen atoms in total. The number of rotatable bonds is 10. The van der Waals surface area contributed by atoms with Gasteiger partial charge < -0.3 is 31.4 Å². The predicted octanol–water partition coefficient (Wildman–Crippen LogP) is 0.760. The molecule has 0 radical (unpaired) electrons. The van der Waals surface area contributed by atoms with Crippen LogP contribution in [0.5, 0.6) is 0 Å². The van der Waals surface area contributed by atoms with E-state index in [0.29, 0.717) is 25.8 Å². The van der Waals surface area contributed by atoms with E-state index in [2.05, 4.69) is 15.6 Å². The maximum atomic E-state index is 13.2. The Hall–Kier alpha value is -3.40. The van der Waals surface area contributed by atoms with Crippen LogP contribution in [0.4, 0.5) is 0 Å². The lowest BCUT2D eigenvalue weighted by molar-refractivity contribution is -0.143. The van der Waals surface area contributed by atoms with Crippen molar-refractivity contribution in [3.63, 3.8) is 0 Å². The van der Waals surface area contributed by atoms with Crippen LogP contribution < -0.4 is 16.4 Å². The van der Waals surface area contributed by atoms with Gasteiger partial charge in [-0.15, -0.1) is 0 Å². The number of aromatic nitrogens is 1. The van der Waals surface area contributed by atoms with Gasteiger partial charge in [0.15, 0.2) is 0 Å². The number of carbonyl (C=O) groups is 4. The van der Waals surface area contributed by atoms with Crippen molar-refractivity contribution >= 4 is 34.6 Å². The molecule has 3 amide bonds. The summed E-state index contributed by atoms with van der Waals surface area (Å²) in [6.07, 6.45) is 3.59. The van der Waals surface area contributed by atoms with Crippen LogP contribution in [0.2, 0.25) is 0 Å². The SMILES string of the molecule is CCC(C)C(NC(=O)C1CCCN1C(=O)CN)C(=O)NC(Cc1c[nH]c2ccccc12)C(=O)O. The second-order valence-electron chi connectivity index (χ2n) is 8.78. The minimum Gasteiger partial charge on any atom is -0.480 e. The second kappa shape index (κ2) is 11.1. The van der Waals surface area contributed by atoms with Crippen molar-refractivity contribution in [1.29, 1.82) is 0 Å². The molecule has 1 aromatic carbocycles. The minimum atomic E-state index is -1.17. The molecule has 184 valence electrons. The standard InChI is InChI=1S/C24H33N5O5/c1-3-14(2)21(28-22(31)19-9-6-10-29(19)20(30)12-25)23(32)27-18(24(33)34)11-15-13-26-17-8-5-4-7-16(15)17/h4-5,7-8,13-14,18-19,21,26H,3,6,9-12,25H2,1-2H3,(H,27,32)(H,28,31)(H,33,34). The quantitative estimate of drug-likeness (QED) is 0.344. The largest absolute Gasteiger partial charge is 0.480 e. The zero-order chi connectivity index (χ0) is 24.8. The molecule has 0 bridgehead atoms. The number of carboxylic acids is 1. The Labute approximate surface area is 198 Å². The number of carbonyl (C=O) groups excluding carboxylic acids is 3. The molecule has 1 fully saturated rings. The first kappa shape index (κ1) is 25.2. The van der Waals surface area contributed by atoms with Crippen LogP contribution in [0.3, 0.4) is 0 Å². The molecule has 34 heavy (non-hydrogen) atoms. The number of benzene rings is 1. The molecule has 4 atom stereocenters. The minimum absolute atomic E-state index is 0.0909. The van der Waals surface area contributed by atoms with Crippen LogP contribution in [0.15, 0.2) is 30.5 Å². The number of nitrogens with two attached hydrogens (primary N) is 1. The van der Waals surface area contributed by atoms with E-state index in [1.807, 2.05) is 38.1 Å². The highest BCUT2D eigenvalue weighted by Crippen LogP contribution is 2.20. The third-order valence-electron chi connectivity index (χ3n) is 6.56. The van der Waals surface area contributed by atoms with Crippen molar-refractivity contribution < 1.29 is 24.3 Å². The highest BCUT2D eigenvalue weighted by molar-refractivity contribution is 5.94. The number of hydrogen-bond acceptors (Lipinski definition) is 5. The molecule has 1 aliphatic heterocycles. The van der Waals surface area contributed by atoms with Crippen molar-refractivity contribution in [2.45, 2.75) is 57.7 Å². The third-order valence-corrected chi connectivity index (χ3v) is 6.56. The maximum absolute atomic E-state index is 13.2. The molecular formula is C24H33N5O5. The van der Waals surface area contributed by atoms with E-state index in [-0.39, 0.29) is 24.8 Å². The van der Waals surface area contributed by atoms with Gasteiger partial charge in [0.05, 0.1) is 6.54 Å². The molecule has 3 rings (SSSR count). The van der Waals surface area contributed by atoms with Gasteiger partial charge in [0.25, 0.3) is 0 Å². The van der Waals surface area contributed by atoms with Crippen molar-refractivity contribution in [2.24, 2.45) is 11.7 Å². The highest BCUT2D eigenvalue weighted by Gasteiger charge is 2.37. The Balaban J connectivity index is 1.73. The Morgan fingerprint density at radius 3 is 2.65 bits per heavy atom. The Kier molecular flexibility index (Phi) is 8.27. The lowest BCUT2D eigenvalue weighted by atomic mass is 9.96. The fourth-order valence-corrected chi connectivity index (χ4v) is 4.39. The van der Waals surface area contributed by atoms with E-state index >= 15 is 0 Å². The maximum Gasteiger partial charge on any atom is 0.326 e. The van der Waals surface area contributed by atoms with Gasteiger partial charge in [0, 0.05) is 30.1 Å². The topological polar surface area (TPSA) is 158 Å². The van der Waals surface area contributed by atoms with E-state index in [1.54, 1.807) is 6.20 Å². The lowest BCUT2D eigenvalue weighted by Gasteiger charge is -2.29. The van der Waals surface area contributed by atoms with Crippen molar-refractivity contribution in [3.8, 4) is 0 Å². The van der Waals surface area contributed by atoms with Gasteiger partial charge >= 0.3 is 5.97 Å². The Morgan fingerprint density at radius 2 is 1.97 bits per heavy atom. The zero-order valence-electron chi connectivity index (χ0n) is 19.5. The summed E-state index contributed by atoms with van der Waals surface area (Å²) < 4.78 is 0. The molecule has 0 saturated carbocycles. The molecule has 1 aromatic heterocycles. The van der Waals surface area contributed by atoms with Crippen LogP contribution in [0.1, 0.15) is 38.7 Å². The number of para-hydroxylation sites is 1. The summed E-state index contributed by atoms with van der Waals surface area (Å²) in [6.45, 7) is 3.96. The summed E-state index contributed by atoms with van der Waals surface area (Å²) in [6, 6.07) is 4.74. The van der Waals surface area contributed by atoms with E-state index in [4.69, 9.17) is 5.73 Å². The molecule has 6 N–H and O–H groups in total. The van der Waals surface area contributed by atoms with E-state index < -0.39 is 35.9 Å². The van der Waals surface area contributed by atoms with Gasteiger partial charge in [0.1, 0.15) is 18.1 Å². The lowest BCUT2D eigenvalue weighted by Crippen LogP contribution is -2.57. The molecule has 2 heterocycles. The average Bonchev–Trinajstić information content (AvgIpc) is 3.48. The number of nitrogens with one attached hydrogen (secondary N) is 3. The molecule has 1 aliphatic rings. The van der Waals surface area contributed by atoms with E-state index in [9.17, 15) is 24.3 Å². The van der Waals surface area contributed by atoms with Crippen LogP contribution in [0, 0.1) is 5.92 Å². The number of H-pyrrole nitrogens is 1. The molecule has 4 unspecified atom stereocenters. The first-order valence-corrected chi connectivity index (χ1v) is 11.6. The third kappa shape index (κ3) is 5.56. The van der Waals surface area contributed by atoms with Crippen LogP contribution in [-0.2, 0) is 25.6 Å². The molecular weight excluding hydrogens is 438 g/mol. The first-order valence-electron chi connectivity index (χ1n) is 11.6. The summed E-state index contributed by atoms with van der Waals surface area (Å²) in [7, 11) is 0. The summed E-state index contributed by atoms with van der Waals surface area (Å²) in [5, 5.41) is 16.0. The Morgan fingerprint density at radius 1 is 1.24 bits per heavy atom. The number of amides is 3. The van der Waals surface area contributed by atoms with Gasteiger partial charge in [0.2, 0.25) is 17.7 Å². The summed E-state index contributed by atoms with van der Waals surface area (Å²) in [4.78, 5) is 54.8. The summed E-state index contributed by atoms with van der Waals surface area (Å²) in [5.41, 5.74) is 7.11. The van der Waals surface area contributed by atoms with Crippen molar-refractivity contribution in [3.05, 3.63) is 36.0 Å². The number of carboxylic acid groups (broad SMARTS) is 1. The monoisotopic (exact) mass is 471 g/mol. The van der Waals surface area contributed by atoms with Crippen LogP contribution in [-0.4, -0.2) is 69.9 Å². The van der Waals surface area contributed by atoms with E-state index in [0.717, 1.165) is 16.5 Å². The van der Waals surface area contributed by atoms with Gasteiger partial charge in [-0.05, 0) is 30.4 Å². The molecule has 0 spiro atoms. The van der Waals surface area contributed by atoms with E-state index in [1.165, 1.54) is 4.90 Å². The number of nitrogens with zero attached hydrogens (tertiary/aromatic N) is 1. The van der Waals surface area contributed by atoms with Crippen LogP contribution in [0.25, 0.3) is 10.9 Å². The Bertz CT molecular complexity index is 1050. The van der Waals surface area contributed by atoms with Crippen LogP contribution >= 0.6 is 0 Å². The molecule has 10 heteroatoms. The number of aliphatic carboxylic acids is 1. The van der Waals surface area contributed by atoms with Crippen molar-refractivity contribution in [1.82, 2.24) is 20.5 Å². The predicted molar refractivity (Wildman–Crippen MR) is 127 cm³/mol. The van der Waals surface area contributed by atoms with Gasteiger partial charge in [-0.25, -0.2) is 4.79 Å².